The lowest BCUT2D eigenvalue weighted by Gasteiger charge is -2.12. The molecular formula is C11H12ClIN2O3. The van der Waals surface area contributed by atoms with Crippen molar-refractivity contribution < 1.29 is 14.7 Å². The van der Waals surface area contributed by atoms with Crippen molar-refractivity contribution in [3.63, 3.8) is 0 Å². The minimum absolute atomic E-state index is 0.103. The van der Waals surface area contributed by atoms with Crippen LogP contribution in [-0.4, -0.2) is 23.0 Å². The zero-order chi connectivity index (χ0) is 13.7. The number of halogens is 2. The van der Waals surface area contributed by atoms with Crippen molar-refractivity contribution in [1.29, 1.82) is 0 Å². The molecule has 0 fully saturated rings. The highest BCUT2D eigenvalue weighted by Gasteiger charge is 2.15. The fraction of sp³-hybridized carbons (Fsp3) is 0.273. The number of aliphatic carboxylic acids is 1. The van der Waals surface area contributed by atoms with E-state index in [0.717, 1.165) is 3.57 Å². The molecule has 0 aliphatic rings. The number of nitrogens with two attached hydrogens (primary N) is 1. The molecule has 1 amide bonds. The molecule has 0 radical (unpaired) electrons. The molecule has 0 saturated heterocycles. The molecule has 1 aromatic carbocycles. The second-order valence-corrected chi connectivity index (χ2v) is 5.25. The Labute approximate surface area is 123 Å². The van der Waals surface area contributed by atoms with Crippen LogP contribution in [0.5, 0.6) is 0 Å². The van der Waals surface area contributed by atoms with Gasteiger partial charge in [0.1, 0.15) is 0 Å². The van der Waals surface area contributed by atoms with Gasteiger partial charge in [-0.25, -0.2) is 0 Å². The summed E-state index contributed by atoms with van der Waals surface area (Å²) in [5, 5.41) is 11.7. The van der Waals surface area contributed by atoms with Gasteiger partial charge in [0.15, 0.2) is 0 Å². The quantitative estimate of drug-likeness (QED) is 0.680. The van der Waals surface area contributed by atoms with E-state index in [-0.39, 0.29) is 12.8 Å². The van der Waals surface area contributed by atoms with E-state index in [2.05, 4.69) is 5.32 Å². The molecule has 0 bridgehead atoms. The molecule has 18 heavy (non-hydrogen) atoms. The molecule has 1 rings (SSSR count). The Bertz CT molecular complexity index is 468. The average molecular weight is 383 g/mol. The van der Waals surface area contributed by atoms with Crippen LogP contribution in [0.1, 0.15) is 12.8 Å². The summed E-state index contributed by atoms with van der Waals surface area (Å²) in [5.74, 6) is -1.38. The standard InChI is InChI=1S/C11H12ClIN2O3/c12-6-1-3-9(7(13)5-6)15-11(18)8(14)2-4-10(16)17/h1,3,5,8H,2,4,14H2,(H,15,18)(H,16,17). The van der Waals surface area contributed by atoms with Gasteiger partial charge in [-0.05, 0) is 47.2 Å². The molecular weight excluding hydrogens is 370 g/mol. The smallest absolute Gasteiger partial charge is 0.303 e. The van der Waals surface area contributed by atoms with E-state index < -0.39 is 17.9 Å². The van der Waals surface area contributed by atoms with Crippen molar-refractivity contribution in [2.45, 2.75) is 18.9 Å². The van der Waals surface area contributed by atoms with Crippen LogP contribution in [0, 0.1) is 3.57 Å². The van der Waals surface area contributed by atoms with Crippen LogP contribution in [0.15, 0.2) is 18.2 Å². The number of hydrogen-bond acceptors (Lipinski definition) is 3. The van der Waals surface area contributed by atoms with Crippen molar-refractivity contribution in [2.24, 2.45) is 5.73 Å². The van der Waals surface area contributed by atoms with Crippen LogP contribution in [-0.2, 0) is 9.59 Å². The van der Waals surface area contributed by atoms with Gasteiger partial charge in [-0.1, -0.05) is 11.6 Å². The predicted octanol–water partition coefficient (Wildman–Crippen LogP) is 2.08. The lowest BCUT2D eigenvalue weighted by atomic mass is 10.1. The van der Waals surface area contributed by atoms with Crippen LogP contribution in [0.4, 0.5) is 5.69 Å². The third kappa shape index (κ3) is 4.79. The van der Waals surface area contributed by atoms with E-state index in [1.54, 1.807) is 18.2 Å². The summed E-state index contributed by atoms with van der Waals surface area (Å²) >= 11 is 7.83. The first-order valence-electron chi connectivity index (χ1n) is 5.13. The van der Waals surface area contributed by atoms with Crippen molar-refractivity contribution in [1.82, 2.24) is 0 Å². The average Bonchev–Trinajstić information content (AvgIpc) is 2.29. The zero-order valence-electron chi connectivity index (χ0n) is 9.32. The topological polar surface area (TPSA) is 92.4 Å². The summed E-state index contributed by atoms with van der Waals surface area (Å²) < 4.78 is 0.791. The van der Waals surface area contributed by atoms with Crippen molar-refractivity contribution in [2.75, 3.05) is 5.32 Å². The van der Waals surface area contributed by atoms with Gasteiger partial charge in [0.25, 0.3) is 0 Å². The highest BCUT2D eigenvalue weighted by atomic mass is 127. The molecule has 0 heterocycles. The maximum atomic E-state index is 11.7. The van der Waals surface area contributed by atoms with Gasteiger partial charge in [-0.15, -0.1) is 0 Å². The van der Waals surface area contributed by atoms with Crippen molar-refractivity contribution >= 4 is 51.8 Å². The summed E-state index contributed by atoms with van der Waals surface area (Å²) in [6.07, 6.45) is -0.0301. The first-order chi connectivity index (χ1) is 8.40. The van der Waals surface area contributed by atoms with Gasteiger partial charge in [-0.3, -0.25) is 9.59 Å². The Kier molecular flexibility index (Phi) is 5.83. The molecule has 7 heteroatoms. The van der Waals surface area contributed by atoms with Crippen molar-refractivity contribution in [3.05, 3.63) is 26.8 Å². The van der Waals surface area contributed by atoms with Crippen LogP contribution in [0.3, 0.4) is 0 Å². The molecule has 0 saturated carbocycles. The third-order valence-electron chi connectivity index (χ3n) is 2.19. The summed E-state index contributed by atoms with van der Waals surface area (Å²) in [6, 6.07) is 4.20. The minimum atomic E-state index is -0.973. The molecule has 0 aromatic heterocycles. The second-order valence-electron chi connectivity index (χ2n) is 3.65. The van der Waals surface area contributed by atoms with Crippen LogP contribution in [0.2, 0.25) is 5.02 Å². The summed E-state index contributed by atoms with van der Waals surface area (Å²) in [6.45, 7) is 0. The van der Waals surface area contributed by atoms with E-state index in [4.69, 9.17) is 22.4 Å². The Morgan fingerprint density at radius 1 is 1.50 bits per heavy atom. The Morgan fingerprint density at radius 2 is 2.17 bits per heavy atom. The number of rotatable bonds is 5. The molecule has 98 valence electrons. The fourth-order valence-electron chi connectivity index (χ4n) is 1.23. The van der Waals surface area contributed by atoms with E-state index in [0.29, 0.717) is 10.7 Å². The number of benzene rings is 1. The van der Waals surface area contributed by atoms with Crippen LogP contribution < -0.4 is 11.1 Å². The van der Waals surface area contributed by atoms with Gasteiger partial charge in [0.05, 0.1) is 11.7 Å². The van der Waals surface area contributed by atoms with Crippen LogP contribution in [0.25, 0.3) is 0 Å². The minimum Gasteiger partial charge on any atom is -0.481 e. The van der Waals surface area contributed by atoms with Gasteiger partial charge < -0.3 is 16.2 Å². The molecule has 0 aliphatic heterocycles. The number of nitrogens with one attached hydrogen (secondary N) is 1. The van der Waals surface area contributed by atoms with Crippen molar-refractivity contribution in [3.8, 4) is 0 Å². The number of carboxylic acids is 1. The SMILES string of the molecule is NC(CCC(=O)O)C(=O)Nc1ccc(Cl)cc1I. The summed E-state index contributed by atoms with van der Waals surface area (Å²) in [4.78, 5) is 22.1. The van der Waals surface area contributed by atoms with E-state index in [9.17, 15) is 9.59 Å². The number of carbonyl (C=O) groups excluding carboxylic acids is 1. The molecule has 0 aliphatic carbocycles. The number of hydrogen-bond donors (Lipinski definition) is 3. The lowest BCUT2D eigenvalue weighted by molar-refractivity contribution is -0.137. The molecule has 5 nitrogen and oxygen atoms in total. The lowest BCUT2D eigenvalue weighted by Crippen LogP contribution is -2.36. The maximum Gasteiger partial charge on any atom is 0.303 e. The number of amides is 1. The largest absolute Gasteiger partial charge is 0.481 e. The molecule has 1 aromatic rings. The zero-order valence-corrected chi connectivity index (χ0v) is 12.2. The van der Waals surface area contributed by atoms with Gasteiger partial charge in [0.2, 0.25) is 5.91 Å². The van der Waals surface area contributed by atoms with E-state index in [1.165, 1.54) is 0 Å². The van der Waals surface area contributed by atoms with Gasteiger partial charge in [0, 0.05) is 15.0 Å². The first-order valence-corrected chi connectivity index (χ1v) is 6.59. The fourth-order valence-corrected chi connectivity index (χ4v) is 2.23. The molecule has 0 spiro atoms. The van der Waals surface area contributed by atoms with E-state index >= 15 is 0 Å². The Morgan fingerprint density at radius 3 is 2.72 bits per heavy atom. The summed E-state index contributed by atoms with van der Waals surface area (Å²) in [5.41, 5.74) is 6.20. The number of anilines is 1. The Balaban J connectivity index is 2.61. The monoisotopic (exact) mass is 382 g/mol. The molecule has 1 atom stereocenters. The molecule has 1 unspecified atom stereocenters. The normalized spacial score (nSPS) is 11.9. The maximum absolute atomic E-state index is 11.7. The summed E-state index contributed by atoms with van der Waals surface area (Å²) in [7, 11) is 0. The second kappa shape index (κ2) is 6.91. The predicted molar refractivity (Wildman–Crippen MR) is 77.6 cm³/mol. The Hall–Kier alpha value is -0.860. The highest BCUT2D eigenvalue weighted by molar-refractivity contribution is 14.1. The molecule has 4 N–H and O–H groups in total. The third-order valence-corrected chi connectivity index (χ3v) is 3.32. The van der Waals surface area contributed by atoms with Gasteiger partial charge in [-0.2, -0.15) is 0 Å². The van der Waals surface area contributed by atoms with Gasteiger partial charge >= 0.3 is 5.97 Å². The van der Waals surface area contributed by atoms with E-state index in [1.807, 2.05) is 22.6 Å². The first kappa shape index (κ1) is 15.2. The van der Waals surface area contributed by atoms with Crippen LogP contribution >= 0.6 is 34.2 Å². The number of carboxylic acid groups (broad SMARTS) is 1. The highest BCUT2D eigenvalue weighted by Crippen LogP contribution is 2.22. The number of carbonyl (C=O) groups is 2.